The number of hydrogen-bond donors (Lipinski definition) is 0. The van der Waals surface area contributed by atoms with Gasteiger partial charge in [0.25, 0.3) is 0 Å². The molecule has 0 unspecified atom stereocenters. The molecule has 0 atom stereocenters. The second kappa shape index (κ2) is 10.4. The molecule has 0 radical (unpaired) electrons. The highest BCUT2D eigenvalue weighted by molar-refractivity contribution is 7.99. The van der Waals surface area contributed by atoms with Crippen LogP contribution in [-0.4, -0.2) is 26.1 Å². The Morgan fingerprint density at radius 1 is 0.706 bits per heavy atom. The lowest BCUT2D eigenvalue weighted by molar-refractivity contribution is -0.129. The van der Waals surface area contributed by atoms with Gasteiger partial charge in [-0.2, -0.15) is 0 Å². The molecule has 0 aliphatic carbocycles. The second-order valence-electron chi connectivity index (χ2n) is 8.06. The Hall–Kier alpha value is -3.83. The molecule has 4 aromatic carbocycles. The first-order valence-electron chi connectivity index (χ1n) is 11.3. The average molecular weight is 464 g/mol. The van der Waals surface area contributed by atoms with Crippen molar-refractivity contribution in [1.82, 2.24) is 14.5 Å². The maximum Gasteiger partial charge on any atom is 0.233 e. The third-order valence-corrected chi connectivity index (χ3v) is 6.58. The van der Waals surface area contributed by atoms with Gasteiger partial charge in [0.1, 0.15) is 0 Å². The normalized spacial score (nSPS) is 10.9. The van der Waals surface area contributed by atoms with Crippen molar-refractivity contribution < 1.29 is 4.79 Å². The van der Waals surface area contributed by atoms with Crippen LogP contribution < -0.4 is 0 Å². The highest BCUT2D eigenvalue weighted by atomic mass is 32.2. The van der Waals surface area contributed by atoms with E-state index in [0.29, 0.717) is 18.8 Å². The molecule has 5 aromatic rings. The van der Waals surface area contributed by atoms with Crippen molar-refractivity contribution in [3.63, 3.8) is 0 Å². The van der Waals surface area contributed by atoms with E-state index in [1.807, 2.05) is 77.7 Å². The molecule has 0 fully saturated rings. The summed E-state index contributed by atoms with van der Waals surface area (Å²) < 4.78 is 2.13. The number of thioether (sulfide) groups is 1. The van der Waals surface area contributed by atoms with Crippen molar-refractivity contribution >= 4 is 28.7 Å². The Morgan fingerprint density at radius 2 is 1.24 bits per heavy atom. The third kappa shape index (κ3) is 5.05. The fourth-order valence-corrected chi connectivity index (χ4v) is 4.92. The maximum absolute atomic E-state index is 13.5. The lowest BCUT2D eigenvalue weighted by Gasteiger charge is -2.23. The summed E-state index contributed by atoms with van der Waals surface area (Å²) in [5, 5.41) is 0.820. The van der Waals surface area contributed by atoms with Crippen LogP contribution >= 0.6 is 11.8 Å². The zero-order chi connectivity index (χ0) is 23.2. The number of amides is 1. The van der Waals surface area contributed by atoms with Gasteiger partial charge in [0.2, 0.25) is 5.91 Å². The van der Waals surface area contributed by atoms with Gasteiger partial charge in [0, 0.05) is 18.8 Å². The molecule has 1 aromatic heterocycles. The van der Waals surface area contributed by atoms with E-state index in [0.717, 1.165) is 33.0 Å². The van der Waals surface area contributed by atoms with Crippen molar-refractivity contribution in [2.24, 2.45) is 0 Å². The van der Waals surface area contributed by atoms with Crippen LogP contribution in [0.3, 0.4) is 0 Å². The molecule has 0 saturated carbocycles. The van der Waals surface area contributed by atoms with Gasteiger partial charge in [-0.05, 0) is 35.4 Å². The van der Waals surface area contributed by atoms with Gasteiger partial charge in [0.15, 0.2) is 5.16 Å². The molecule has 4 nitrogen and oxygen atoms in total. The molecule has 1 amide bonds. The molecule has 0 aliphatic rings. The van der Waals surface area contributed by atoms with E-state index < -0.39 is 0 Å². The van der Waals surface area contributed by atoms with Crippen LogP contribution in [0.2, 0.25) is 0 Å². The first kappa shape index (κ1) is 22.0. The van der Waals surface area contributed by atoms with Gasteiger partial charge in [-0.25, -0.2) is 4.98 Å². The van der Waals surface area contributed by atoms with Gasteiger partial charge in [-0.15, -0.1) is 0 Å². The molecule has 5 heteroatoms. The zero-order valence-corrected chi connectivity index (χ0v) is 19.6. The van der Waals surface area contributed by atoms with Crippen molar-refractivity contribution in [3.05, 3.63) is 126 Å². The van der Waals surface area contributed by atoms with E-state index in [4.69, 9.17) is 4.98 Å². The number of carbonyl (C=O) groups excluding carboxylic acids is 1. The zero-order valence-electron chi connectivity index (χ0n) is 18.7. The Bertz CT molecular complexity index is 1330. The maximum atomic E-state index is 13.5. The number of rotatable bonds is 8. The predicted octanol–water partition coefficient (Wildman–Crippen LogP) is 6.35. The Kier molecular flexibility index (Phi) is 6.73. The molecule has 0 spiro atoms. The molecule has 0 aliphatic heterocycles. The summed E-state index contributed by atoms with van der Waals surface area (Å²) in [4.78, 5) is 20.2. The van der Waals surface area contributed by atoms with Gasteiger partial charge in [-0.1, -0.05) is 103 Å². The van der Waals surface area contributed by atoms with E-state index in [9.17, 15) is 4.79 Å². The molecule has 168 valence electrons. The van der Waals surface area contributed by atoms with Gasteiger partial charge in [0.05, 0.1) is 16.8 Å². The van der Waals surface area contributed by atoms with Crippen LogP contribution in [-0.2, 0) is 17.9 Å². The van der Waals surface area contributed by atoms with Gasteiger partial charge < -0.3 is 4.90 Å². The molecule has 0 N–H and O–H groups in total. The average Bonchev–Trinajstić information content (AvgIpc) is 3.27. The largest absolute Gasteiger partial charge is 0.333 e. The first-order chi connectivity index (χ1) is 16.8. The van der Waals surface area contributed by atoms with E-state index in [1.165, 1.54) is 11.8 Å². The topological polar surface area (TPSA) is 38.1 Å². The molecular formula is C29H25N3OS. The van der Waals surface area contributed by atoms with Crippen LogP contribution in [0.4, 0.5) is 0 Å². The quantitative estimate of drug-likeness (QED) is 0.252. The summed E-state index contributed by atoms with van der Waals surface area (Å²) >= 11 is 1.49. The van der Waals surface area contributed by atoms with Gasteiger partial charge in [-0.3, -0.25) is 9.36 Å². The summed E-state index contributed by atoms with van der Waals surface area (Å²) in [6.07, 6.45) is 0. The minimum atomic E-state index is 0.0874. The highest BCUT2D eigenvalue weighted by Gasteiger charge is 2.18. The number of hydrogen-bond acceptors (Lipinski definition) is 3. The van der Waals surface area contributed by atoms with E-state index in [2.05, 4.69) is 47.0 Å². The number of imidazole rings is 1. The lowest BCUT2D eigenvalue weighted by atomic mass is 10.1. The molecule has 5 rings (SSSR count). The number of nitrogens with zero attached hydrogens (tertiary/aromatic N) is 3. The van der Waals surface area contributed by atoms with Crippen molar-refractivity contribution in [3.8, 4) is 5.69 Å². The summed E-state index contributed by atoms with van der Waals surface area (Å²) in [5.41, 5.74) is 5.24. The lowest BCUT2D eigenvalue weighted by Crippen LogP contribution is -2.31. The first-order valence-corrected chi connectivity index (χ1v) is 12.3. The summed E-state index contributed by atoms with van der Waals surface area (Å²) in [6.45, 7) is 1.15. The standard InChI is InChI=1S/C29H25N3OS/c33-28(31(20-23-12-4-1-5-13-23)21-24-14-6-2-7-15-24)22-34-29-30-26-18-10-11-19-27(26)32(29)25-16-8-3-9-17-25/h1-19H,20-22H2. The van der Waals surface area contributed by atoms with Crippen LogP contribution in [0.5, 0.6) is 0 Å². The molecule has 0 saturated heterocycles. The number of aromatic nitrogens is 2. The smallest absolute Gasteiger partial charge is 0.233 e. The Balaban J connectivity index is 1.40. The van der Waals surface area contributed by atoms with E-state index in [-0.39, 0.29) is 5.91 Å². The fourth-order valence-electron chi connectivity index (χ4n) is 3.98. The van der Waals surface area contributed by atoms with E-state index >= 15 is 0 Å². The minimum absolute atomic E-state index is 0.0874. The third-order valence-electron chi connectivity index (χ3n) is 5.65. The van der Waals surface area contributed by atoms with Crippen LogP contribution in [0.15, 0.2) is 120 Å². The second-order valence-corrected chi connectivity index (χ2v) is 9.01. The SMILES string of the molecule is O=C(CSc1nc2ccccc2n1-c1ccccc1)N(Cc1ccccc1)Cc1ccccc1. The molecule has 34 heavy (non-hydrogen) atoms. The number of para-hydroxylation sites is 3. The van der Waals surface area contributed by atoms with Crippen LogP contribution in [0.25, 0.3) is 16.7 Å². The number of carbonyl (C=O) groups is 1. The predicted molar refractivity (Wildman–Crippen MR) is 139 cm³/mol. The number of benzene rings is 4. The van der Waals surface area contributed by atoms with Crippen LogP contribution in [0, 0.1) is 0 Å². The summed E-state index contributed by atoms with van der Waals surface area (Å²) in [6, 6.07) is 38.6. The summed E-state index contributed by atoms with van der Waals surface area (Å²) in [7, 11) is 0. The van der Waals surface area contributed by atoms with Crippen molar-refractivity contribution in [2.45, 2.75) is 18.2 Å². The summed E-state index contributed by atoms with van der Waals surface area (Å²) in [5.74, 6) is 0.403. The molecule has 1 heterocycles. The Morgan fingerprint density at radius 3 is 1.85 bits per heavy atom. The fraction of sp³-hybridized carbons (Fsp3) is 0.103. The van der Waals surface area contributed by atoms with Crippen molar-refractivity contribution in [2.75, 3.05) is 5.75 Å². The number of fused-ring (bicyclic) bond motifs is 1. The molecule has 0 bridgehead atoms. The Labute approximate surface area is 203 Å². The highest BCUT2D eigenvalue weighted by Crippen LogP contribution is 2.28. The van der Waals surface area contributed by atoms with Crippen LogP contribution in [0.1, 0.15) is 11.1 Å². The molecular weight excluding hydrogens is 438 g/mol. The monoisotopic (exact) mass is 463 g/mol. The minimum Gasteiger partial charge on any atom is -0.333 e. The van der Waals surface area contributed by atoms with Gasteiger partial charge >= 0.3 is 0 Å². The van der Waals surface area contributed by atoms with E-state index in [1.54, 1.807) is 0 Å². The van der Waals surface area contributed by atoms with Crippen molar-refractivity contribution in [1.29, 1.82) is 0 Å².